The molecule has 0 aromatic heterocycles. The summed E-state index contributed by atoms with van der Waals surface area (Å²) in [5.74, 6) is -1.09. The van der Waals surface area contributed by atoms with Crippen LogP contribution in [-0.2, 0) is 11.3 Å². The molecule has 1 N–H and O–H groups in total. The molecule has 1 aliphatic rings. The number of rotatable bonds is 4. The molecular formula is C16H22N2O3. The topological polar surface area (TPSA) is 60.9 Å². The Morgan fingerprint density at radius 3 is 2.48 bits per heavy atom. The first-order valence-electron chi connectivity index (χ1n) is 7.26. The summed E-state index contributed by atoms with van der Waals surface area (Å²) in [6.07, 6.45) is 2.27. The minimum Gasteiger partial charge on any atom is -0.480 e. The third-order valence-electron chi connectivity index (χ3n) is 3.75. The third-order valence-corrected chi connectivity index (χ3v) is 3.75. The van der Waals surface area contributed by atoms with E-state index in [9.17, 15) is 14.7 Å². The number of amides is 1. The molecule has 114 valence electrons. The number of hydrogen-bond donors (Lipinski definition) is 1. The lowest BCUT2D eigenvalue weighted by molar-refractivity contribution is -0.143. The van der Waals surface area contributed by atoms with Crippen LogP contribution in [0.3, 0.4) is 0 Å². The van der Waals surface area contributed by atoms with Crippen LogP contribution in [0.4, 0.5) is 0 Å². The minimum atomic E-state index is -0.910. The molecule has 0 aliphatic carbocycles. The van der Waals surface area contributed by atoms with Gasteiger partial charge in [-0.15, -0.1) is 0 Å². The quantitative estimate of drug-likeness (QED) is 0.919. The molecule has 1 aliphatic heterocycles. The maximum atomic E-state index is 12.5. The van der Waals surface area contributed by atoms with Gasteiger partial charge in [-0.2, -0.15) is 0 Å². The zero-order valence-electron chi connectivity index (χ0n) is 12.6. The van der Waals surface area contributed by atoms with E-state index >= 15 is 0 Å². The molecule has 5 heteroatoms. The summed E-state index contributed by atoms with van der Waals surface area (Å²) < 4.78 is 0. The summed E-state index contributed by atoms with van der Waals surface area (Å²) in [6.45, 7) is 1.34. The first kappa shape index (κ1) is 15.5. The molecule has 1 atom stereocenters. The summed E-state index contributed by atoms with van der Waals surface area (Å²) in [7, 11) is 3.98. The molecule has 1 saturated heterocycles. The van der Waals surface area contributed by atoms with Gasteiger partial charge in [0.05, 0.1) is 0 Å². The Morgan fingerprint density at radius 2 is 1.90 bits per heavy atom. The second kappa shape index (κ2) is 6.72. The maximum absolute atomic E-state index is 12.5. The molecule has 5 nitrogen and oxygen atoms in total. The fraction of sp³-hybridized carbons (Fsp3) is 0.500. The van der Waals surface area contributed by atoms with Gasteiger partial charge < -0.3 is 14.9 Å². The van der Waals surface area contributed by atoms with Crippen molar-refractivity contribution in [2.24, 2.45) is 0 Å². The van der Waals surface area contributed by atoms with Gasteiger partial charge in [-0.25, -0.2) is 4.79 Å². The van der Waals surface area contributed by atoms with Crippen molar-refractivity contribution >= 4 is 11.9 Å². The van der Waals surface area contributed by atoms with Gasteiger partial charge in [-0.1, -0.05) is 12.1 Å². The number of benzene rings is 1. The molecule has 2 rings (SSSR count). The Bertz CT molecular complexity index is 511. The highest BCUT2D eigenvalue weighted by molar-refractivity contribution is 5.96. The number of carboxylic acids is 1. The number of hydrogen-bond acceptors (Lipinski definition) is 3. The van der Waals surface area contributed by atoms with Gasteiger partial charge in [0.25, 0.3) is 5.91 Å². The normalized spacial score (nSPS) is 18.8. The van der Waals surface area contributed by atoms with E-state index in [1.54, 1.807) is 12.1 Å². The molecule has 0 radical (unpaired) electrons. The molecule has 21 heavy (non-hydrogen) atoms. The summed E-state index contributed by atoms with van der Waals surface area (Å²) in [6, 6.07) is 6.73. The number of piperidine rings is 1. The van der Waals surface area contributed by atoms with Crippen LogP contribution >= 0.6 is 0 Å². The van der Waals surface area contributed by atoms with E-state index < -0.39 is 12.0 Å². The van der Waals surface area contributed by atoms with Gasteiger partial charge in [-0.05, 0) is 51.1 Å². The molecule has 1 amide bonds. The molecule has 1 aromatic rings. The average Bonchev–Trinajstić information content (AvgIpc) is 2.46. The van der Waals surface area contributed by atoms with Crippen LogP contribution in [0.1, 0.15) is 35.2 Å². The van der Waals surface area contributed by atoms with Crippen LogP contribution in [0.2, 0.25) is 0 Å². The van der Waals surface area contributed by atoms with Crippen LogP contribution in [0, 0.1) is 0 Å². The van der Waals surface area contributed by atoms with Crippen LogP contribution in [-0.4, -0.2) is 53.5 Å². The maximum Gasteiger partial charge on any atom is 0.326 e. The SMILES string of the molecule is CN(C)Cc1ccc(C(=O)N2CCCC[C@H]2C(=O)O)cc1. The Kier molecular flexibility index (Phi) is 4.96. The van der Waals surface area contributed by atoms with E-state index in [0.717, 1.165) is 24.9 Å². The summed E-state index contributed by atoms with van der Waals surface area (Å²) in [5.41, 5.74) is 1.69. The highest BCUT2D eigenvalue weighted by Gasteiger charge is 2.32. The van der Waals surface area contributed by atoms with E-state index in [0.29, 0.717) is 18.5 Å². The fourth-order valence-electron chi connectivity index (χ4n) is 2.72. The number of carbonyl (C=O) groups excluding carboxylic acids is 1. The largest absolute Gasteiger partial charge is 0.480 e. The van der Waals surface area contributed by atoms with Crippen LogP contribution < -0.4 is 0 Å². The lowest BCUT2D eigenvalue weighted by Gasteiger charge is -2.33. The molecule has 1 fully saturated rings. The van der Waals surface area contributed by atoms with Gasteiger partial charge in [0.1, 0.15) is 6.04 Å². The summed E-state index contributed by atoms with van der Waals surface area (Å²) in [5, 5.41) is 9.25. The number of likely N-dealkylation sites (tertiary alicyclic amines) is 1. The van der Waals surface area contributed by atoms with Crippen molar-refractivity contribution in [1.82, 2.24) is 9.80 Å². The second-order valence-electron chi connectivity index (χ2n) is 5.78. The lowest BCUT2D eigenvalue weighted by atomic mass is 10.0. The monoisotopic (exact) mass is 290 g/mol. The molecule has 1 aromatic carbocycles. The number of nitrogens with zero attached hydrogens (tertiary/aromatic N) is 2. The number of aliphatic carboxylic acids is 1. The van der Waals surface area contributed by atoms with Crippen molar-refractivity contribution in [1.29, 1.82) is 0 Å². The molecular weight excluding hydrogens is 268 g/mol. The molecule has 0 saturated carbocycles. The van der Waals surface area contributed by atoms with Crippen molar-refractivity contribution < 1.29 is 14.7 Å². The smallest absolute Gasteiger partial charge is 0.326 e. The fourth-order valence-corrected chi connectivity index (χ4v) is 2.72. The summed E-state index contributed by atoms with van der Waals surface area (Å²) in [4.78, 5) is 27.3. The minimum absolute atomic E-state index is 0.182. The Balaban J connectivity index is 2.12. The Hall–Kier alpha value is -1.88. The standard InChI is InChI=1S/C16H22N2O3/c1-17(2)11-12-6-8-13(9-7-12)15(19)18-10-4-3-5-14(18)16(20)21/h6-9,14H,3-5,10-11H2,1-2H3,(H,20,21)/t14-/m0/s1. The highest BCUT2D eigenvalue weighted by Crippen LogP contribution is 2.20. The lowest BCUT2D eigenvalue weighted by Crippen LogP contribution is -2.47. The number of carboxylic acid groups (broad SMARTS) is 1. The summed E-state index contributed by atoms with van der Waals surface area (Å²) >= 11 is 0. The van der Waals surface area contributed by atoms with Crippen molar-refractivity contribution in [3.63, 3.8) is 0 Å². The van der Waals surface area contributed by atoms with Crippen LogP contribution in [0.25, 0.3) is 0 Å². The van der Waals surface area contributed by atoms with Gasteiger partial charge in [0.15, 0.2) is 0 Å². The number of carbonyl (C=O) groups is 2. The zero-order valence-corrected chi connectivity index (χ0v) is 12.6. The van der Waals surface area contributed by atoms with E-state index in [1.165, 1.54) is 4.90 Å². The van der Waals surface area contributed by atoms with Gasteiger partial charge in [0.2, 0.25) is 0 Å². The third kappa shape index (κ3) is 3.82. The van der Waals surface area contributed by atoms with Gasteiger partial charge >= 0.3 is 5.97 Å². The molecule has 0 unspecified atom stereocenters. The first-order valence-corrected chi connectivity index (χ1v) is 7.26. The van der Waals surface area contributed by atoms with Gasteiger partial charge in [-0.3, -0.25) is 4.79 Å². The van der Waals surface area contributed by atoms with Gasteiger partial charge in [0, 0.05) is 18.7 Å². The van der Waals surface area contributed by atoms with Crippen molar-refractivity contribution in [2.45, 2.75) is 31.8 Å². The van der Waals surface area contributed by atoms with E-state index in [-0.39, 0.29) is 5.91 Å². The van der Waals surface area contributed by atoms with Crippen molar-refractivity contribution in [3.8, 4) is 0 Å². The highest BCUT2D eigenvalue weighted by atomic mass is 16.4. The van der Waals surface area contributed by atoms with Crippen LogP contribution in [0.15, 0.2) is 24.3 Å². The van der Waals surface area contributed by atoms with Crippen LogP contribution in [0.5, 0.6) is 0 Å². The predicted molar refractivity (Wildman–Crippen MR) is 80.1 cm³/mol. The molecule has 1 heterocycles. The van der Waals surface area contributed by atoms with Crippen molar-refractivity contribution in [2.75, 3.05) is 20.6 Å². The molecule has 0 spiro atoms. The Morgan fingerprint density at radius 1 is 1.24 bits per heavy atom. The van der Waals surface area contributed by atoms with E-state index in [2.05, 4.69) is 4.90 Å². The zero-order chi connectivity index (χ0) is 15.4. The Labute approximate surface area is 125 Å². The van der Waals surface area contributed by atoms with E-state index in [4.69, 9.17) is 0 Å². The first-order chi connectivity index (χ1) is 9.99. The molecule has 0 bridgehead atoms. The van der Waals surface area contributed by atoms with Crippen molar-refractivity contribution in [3.05, 3.63) is 35.4 Å². The predicted octanol–water partition coefficient (Wildman–Crippen LogP) is 1.83. The van der Waals surface area contributed by atoms with E-state index in [1.807, 2.05) is 26.2 Å². The second-order valence-corrected chi connectivity index (χ2v) is 5.78. The average molecular weight is 290 g/mol.